The molecule has 2 aliphatic heterocycles. The van der Waals surface area contributed by atoms with E-state index in [-0.39, 0.29) is 23.8 Å². The Labute approximate surface area is 155 Å². The van der Waals surface area contributed by atoms with E-state index in [9.17, 15) is 13.2 Å². The predicted octanol–water partition coefficient (Wildman–Crippen LogP) is 0.145. The van der Waals surface area contributed by atoms with Gasteiger partial charge in [0, 0.05) is 45.7 Å². The van der Waals surface area contributed by atoms with E-state index in [0.29, 0.717) is 19.6 Å². The molecule has 2 heterocycles. The third-order valence-corrected chi connectivity index (χ3v) is 7.57. The second kappa shape index (κ2) is 7.26. The summed E-state index contributed by atoms with van der Waals surface area (Å²) in [6.45, 7) is 2.68. The van der Waals surface area contributed by atoms with Gasteiger partial charge in [-0.05, 0) is 24.3 Å². The van der Waals surface area contributed by atoms with Gasteiger partial charge in [-0.15, -0.1) is 0 Å². The maximum Gasteiger partial charge on any atom is 0.281 e. The zero-order valence-electron chi connectivity index (χ0n) is 15.5. The SMILES string of the molecule is CN(C)S(=O)(=O)N1C[C@@H]2CN(CC(N)=O)C[C@]2(CCc2ccccc2)C1. The third kappa shape index (κ3) is 3.78. The number of nitrogens with zero attached hydrogens (tertiary/aromatic N) is 3. The number of nitrogens with two attached hydrogens (primary N) is 1. The van der Waals surface area contributed by atoms with Crippen molar-refractivity contribution < 1.29 is 13.2 Å². The summed E-state index contributed by atoms with van der Waals surface area (Å²) < 4.78 is 28.1. The lowest BCUT2D eigenvalue weighted by atomic mass is 9.76. The van der Waals surface area contributed by atoms with Crippen LogP contribution >= 0.6 is 0 Å². The Kier molecular flexibility index (Phi) is 5.39. The van der Waals surface area contributed by atoms with E-state index in [1.807, 2.05) is 18.2 Å². The van der Waals surface area contributed by atoms with Crippen molar-refractivity contribution in [3.8, 4) is 0 Å². The van der Waals surface area contributed by atoms with Crippen molar-refractivity contribution in [2.24, 2.45) is 17.1 Å². The fourth-order valence-corrected chi connectivity index (χ4v) is 5.63. The van der Waals surface area contributed by atoms with Gasteiger partial charge in [0.15, 0.2) is 0 Å². The van der Waals surface area contributed by atoms with Crippen LogP contribution in [0, 0.1) is 11.3 Å². The minimum Gasteiger partial charge on any atom is -0.369 e. The molecule has 0 unspecified atom stereocenters. The average molecular weight is 381 g/mol. The minimum atomic E-state index is -3.42. The highest BCUT2D eigenvalue weighted by molar-refractivity contribution is 7.86. The summed E-state index contributed by atoms with van der Waals surface area (Å²) in [5.41, 5.74) is 6.50. The number of benzene rings is 1. The number of likely N-dealkylation sites (tertiary alicyclic amines) is 1. The highest BCUT2D eigenvalue weighted by Crippen LogP contribution is 2.46. The maximum absolute atomic E-state index is 12.6. The smallest absolute Gasteiger partial charge is 0.281 e. The first kappa shape index (κ1) is 19.3. The number of aryl methyl sites for hydroxylation is 1. The molecule has 144 valence electrons. The van der Waals surface area contributed by atoms with Gasteiger partial charge in [-0.25, -0.2) is 0 Å². The van der Waals surface area contributed by atoms with Gasteiger partial charge in [0.2, 0.25) is 5.91 Å². The lowest BCUT2D eigenvalue weighted by molar-refractivity contribution is -0.119. The van der Waals surface area contributed by atoms with Crippen LogP contribution in [-0.2, 0) is 21.4 Å². The molecule has 7 nitrogen and oxygen atoms in total. The molecule has 2 aliphatic rings. The molecule has 1 aromatic rings. The highest BCUT2D eigenvalue weighted by atomic mass is 32.2. The fourth-order valence-electron chi connectivity index (χ4n) is 4.38. The van der Waals surface area contributed by atoms with Crippen LogP contribution in [0.15, 0.2) is 30.3 Å². The molecule has 2 fully saturated rings. The third-order valence-electron chi connectivity index (χ3n) is 5.72. The zero-order valence-corrected chi connectivity index (χ0v) is 16.3. The molecule has 0 aliphatic carbocycles. The molecule has 26 heavy (non-hydrogen) atoms. The number of amides is 1. The fraction of sp³-hybridized carbons (Fsp3) is 0.611. The summed E-state index contributed by atoms with van der Waals surface area (Å²) in [6.07, 6.45) is 1.80. The van der Waals surface area contributed by atoms with Crippen molar-refractivity contribution in [1.82, 2.24) is 13.5 Å². The lowest BCUT2D eigenvalue weighted by Gasteiger charge is -2.30. The van der Waals surface area contributed by atoms with E-state index in [1.54, 1.807) is 18.4 Å². The Morgan fingerprint density at radius 1 is 1.23 bits per heavy atom. The molecule has 0 spiro atoms. The predicted molar refractivity (Wildman–Crippen MR) is 101 cm³/mol. The summed E-state index contributed by atoms with van der Waals surface area (Å²) in [7, 11) is -0.286. The van der Waals surface area contributed by atoms with Gasteiger partial charge in [-0.1, -0.05) is 30.3 Å². The first-order valence-corrected chi connectivity index (χ1v) is 10.3. The van der Waals surface area contributed by atoms with Gasteiger partial charge in [0.05, 0.1) is 6.54 Å². The number of hydrogen-bond acceptors (Lipinski definition) is 4. The monoisotopic (exact) mass is 380 g/mol. The standard InChI is InChI=1S/C18H28N4O3S/c1-20(2)26(24,25)22-11-16-10-21(12-17(19)23)13-18(16,14-22)9-8-15-6-4-3-5-7-15/h3-7,16H,8-14H2,1-2H3,(H2,19,23)/t16-,18+/m0/s1. The Morgan fingerprint density at radius 2 is 1.92 bits per heavy atom. The summed E-state index contributed by atoms with van der Waals surface area (Å²) in [4.78, 5) is 13.4. The summed E-state index contributed by atoms with van der Waals surface area (Å²) in [6, 6.07) is 10.2. The second-order valence-corrected chi connectivity index (χ2v) is 9.91. The molecule has 0 bridgehead atoms. The van der Waals surface area contributed by atoms with Crippen LogP contribution in [0.4, 0.5) is 0 Å². The van der Waals surface area contributed by atoms with Gasteiger partial charge < -0.3 is 5.73 Å². The maximum atomic E-state index is 12.6. The van der Waals surface area contributed by atoms with Gasteiger partial charge in [0.1, 0.15) is 0 Å². The Hall–Kier alpha value is -1.48. The van der Waals surface area contributed by atoms with E-state index in [1.165, 1.54) is 9.87 Å². The van der Waals surface area contributed by atoms with Crippen molar-refractivity contribution >= 4 is 16.1 Å². The molecule has 0 radical (unpaired) electrons. The molecule has 3 rings (SSSR count). The van der Waals surface area contributed by atoms with E-state index >= 15 is 0 Å². The van der Waals surface area contributed by atoms with E-state index in [4.69, 9.17) is 5.73 Å². The lowest BCUT2D eigenvalue weighted by Crippen LogP contribution is -2.43. The Balaban J connectivity index is 1.79. The molecule has 0 saturated carbocycles. The first-order valence-electron chi connectivity index (χ1n) is 8.95. The Bertz CT molecular complexity index is 753. The summed E-state index contributed by atoms with van der Waals surface area (Å²) in [5.74, 6) is -0.110. The number of primary amides is 1. The first-order chi connectivity index (χ1) is 12.2. The van der Waals surface area contributed by atoms with Crippen LogP contribution in [0.5, 0.6) is 0 Å². The number of carbonyl (C=O) groups excluding carboxylic acids is 1. The number of rotatable bonds is 7. The van der Waals surface area contributed by atoms with Crippen molar-refractivity contribution in [3.05, 3.63) is 35.9 Å². The van der Waals surface area contributed by atoms with Crippen molar-refractivity contribution in [2.75, 3.05) is 46.8 Å². The van der Waals surface area contributed by atoms with Crippen LogP contribution in [0.3, 0.4) is 0 Å². The van der Waals surface area contributed by atoms with E-state index < -0.39 is 10.2 Å². The van der Waals surface area contributed by atoms with E-state index in [0.717, 1.165) is 19.4 Å². The van der Waals surface area contributed by atoms with Gasteiger partial charge in [-0.2, -0.15) is 17.0 Å². The summed E-state index contributed by atoms with van der Waals surface area (Å²) >= 11 is 0. The van der Waals surface area contributed by atoms with Crippen molar-refractivity contribution in [3.63, 3.8) is 0 Å². The molecular formula is C18H28N4O3S. The van der Waals surface area contributed by atoms with Crippen LogP contribution < -0.4 is 5.73 Å². The molecule has 2 N–H and O–H groups in total. The largest absolute Gasteiger partial charge is 0.369 e. The number of fused-ring (bicyclic) bond motifs is 1. The molecule has 2 atom stereocenters. The number of carbonyl (C=O) groups is 1. The van der Waals surface area contributed by atoms with Crippen molar-refractivity contribution in [2.45, 2.75) is 12.8 Å². The summed E-state index contributed by atoms with van der Waals surface area (Å²) in [5, 5.41) is 0. The van der Waals surface area contributed by atoms with Gasteiger partial charge in [-0.3, -0.25) is 9.69 Å². The van der Waals surface area contributed by atoms with Crippen LogP contribution in [0.1, 0.15) is 12.0 Å². The van der Waals surface area contributed by atoms with Gasteiger partial charge >= 0.3 is 0 Å². The average Bonchev–Trinajstić information content (AvgIpc) is 3.07. The van der Waals surface area contributed by atoms with Crippen LogP contribution in [-0.4, -0.2) is 74.7 Å². The highest BCUT2D eigenvalue weighted by Gasteiger charge is 2.54. The van der Waals surface area contributed by atoms with Crippen molar-refractivity contribution in [1.29, 1.82) is 0 Å². The normalized spacial score (nSPS) is 27.1. The molecule has 8 heteroatoms. The van der Waals surface area contributed by atoms with Crippen LogP contribution in [0.25, 0.3) is 0 Å². The quantitative estimate of drug-likeness (QED) is 0.729. The Morgan fingerprint density at radius 3 is 2.54 bits per heavy atom. The zero-order chi connectivity index (χ0) is 18.9. The van der Waals surface area contributed by atoms with Crippen LogP contribution in [0.2, 0.25) is 0 Å². The van der Waals surface area contributed by atoms with Gasteiger partial charge in [0.25, 0.3) is 10.2 Å². The topological polar surface area (TPSA) is 87.0 Å². The van der Waals surface area contributed by atoms with E-state index in [2.05, 4.69) is 17.0 Å². The molecular weight excluding hydrogens is 352 g/mol. The molecule has 1 amide bonds. The molecule has 2 saturated heterocycles. The minimum absolute atomic E-state index is 0.131. The molecule has 0 aromatic heterocycles. The second-order valence-electron chi connectivity index (χ2n) is 7.76. The number of hydrogen-bond donors (Lipinski definition) is 1. The molecule has 1 aromatic carbocycles.